The van der Waals surface area contributed by atoms with Crippen molar-refractivity contribution >= 4 is 5.91 Å². The zero-order chi connectivity index (χ0) is 10.9. The predicted molar refractivity (Wildman–Crippen MR) is 48.5 cm³/mol. The normalized spacial score (nSPS) is 14.7. The second-order valence-corrected chi connectivity index (χ2v) is 3.17. The van der Waals surface area contributed by atoms with Crippen LogP contribution >= 0.6 is 0 Å². The van der Waals surface area contributed by atoms with Crippen LogP contribution < -0.4 is 5.73 Å². The molecule has 76 valence electrons. The number of nitrogens with two attached hydrogens (primary N) is 1. The van der Waals surface area contributed by atoms with Gasteiger partial charge in [0.05, 0.1) is 0 Å². The van der Waals surface area contributed by atoms with E-state index in [1.54, 1.807) is 0 Å². The van der Waals surface area contributed by atoms with E-state index in [1.165, 1.54) is 6.92 Å². The predicted octanol–water partition coefficient (Wildman–Crippen LogP) is -0.209. The van der Waals surface area contributed by atoms with Gasteiger partial charge < -0.3 is 21.1 Å². The van der Waals surface area contributed by atoms with Crippen molar-refractivity contribution in [3.8, 4) is 11.5 Å². The van der Waals surface area contributed by atoms with Crippen molar-refractivity contribution in [2.45, 2.75) is 12.5 Å². The highest BCUT2D eigenvalue weighted by molar-refractivity contribution is 5.84. The number of carbonyl (C=O) groups excluding carboxylic acids is 1. The van der Waals surface area contributed by atoms with Gasteiger partial charge in [0.15, 0.2) is 5.60 Å². The molecule has 1 aromatic carbocycles. The van der Waals surface area contributed by atoms with E-state index in [4.69, 9.17) is 15.9 Å². The number of hydrogen-bond acceptors (Lipinski definition) is 4. The Labute approximate surface area is 80.4 Å². The summed E-state index contributed by atoms with van der Waals surface area (Å²) in [4.78, 5) is 10.9. The average molecular weight is 197 g/mol. The molecule has 0 bridgehead atoms. The van der Waals surface area contributed by atoms with Gasteiger partial charge in [-0.2, -0.15) is 0 Å². The first-order valence-corrected chi connectivity index (χ1v) is 3.90. The molecule has 0 aliphatic heterocycles. The lowest BCUT2D eigenvalue weighted by molar-refractivity contribution is -0.135. The number of rotatable bonds is 2. The molecule has 0 aliphatic carbocycles. The third kappa shape index (κ3) is 1.77. The van der Waals surface area contributed by atoms with Gasteiger partial charge in [0.2, 0.25) is 0 Å². The molecule has 0 heterocycles. The van der Waals surface area contributed by atoms with Crippen molar-refractivity contribution in [2.75, 3.05) is 0 Å². The molecule has 0 aromatic heterocycles. The average Bonchev–Trinajstić information content (AvgIpc) is 2.01. The summed E-state index contributed by atoms with van der Waals surface area (Å²) >= 11 is 0. The van der Waals surface area contributed by atoms with Crippen molar-refractivity contribution in [1.82, 2.24) is 0 Å². The van der Waals surface area contributed by atoms with Gasteiger partial charge in [-0.25, -0.2) is 0 Å². The van der Waals surface area contributed by atoms with Crippen LogP contribution in [0.25, 0.3) is 0 Å². The van der Waals surface area contributed by atoms with E-state index in [0.29, 0.717) is 0 Å². The van der Waals surface area contributed by atoms with Gasteiger partial charge in [0.1, 0.15) is 11.5 Å². The van der Waals surface area contributed by atoms with Crippen molar-refractivity contribution in [2.24, 2.45) is 5.73 Å². The molecule has 0 fully saturated rings. The first-order valence-electron chi connectivity index (χ1n) is 3.90. The maximum absolute atomic E-state index is 10.9. The minimum Gasteiger partial charge on any atom is -0.508 e. The first kappa shape index (κ1) is 10.3. The SMILES string of the molecule is CC(O)(C(N)=O)c1cc(O)cc(O)c1. The van der Waals surface area contributed by atoms with Gasteiger partial charge in [0, 0.05) is 6.07 Å². The van der Waals surface area contributed by atoms with Crippen molar-refractivity contribution in [3.05, 3.63) is 23.8 Å². The summed E-state index contributed by atoms with van der Waals surface area (Å²) in [5, 5.41) is 27.8. The van der Waals surface area contributed by atoms with Crippen molar-refractivity contribution in [3.63, 3.8) is 0 Å². The fourth-order valence-corrected chi connectivity index (χ4v) is 1.02. The number of aromatic hydroxyl groups is 2. The largest absolute Gasteiger partial charge is 0.508 e. The van der Waals surface area contributed by atoms with Crippen LogP contribution in [0.3, 0.4) is 0 Å². The second-order valence-electron chi connectivity index (χ2n) is 3.17. The Bertz CT molecular complexity index is 353. The molecule has 0 spiro atoms. The van der Waals surface area contributed by atoms with E-state index in [2.05, 4.69) is 0 Å². The number of aliphatic hydroxyl groups is 1. The third-order valence-electron chi connectivity index (χ3n) is 1.94. The Kier molecular flexibility index (Phi) is 2.35. The van der Waals surface area contributed by atoms with Crippen molar-refractivity contribution in [1.29, 1.82) is 0 Å². The van der Waals surface area contributed by atoms with Crippen LogP contribution in [0, 0.1) is 0 Å². The monoisotopic (exact) mass is 197 g/mol. The Hall–Kier alpha value is -1.75. The first-order chi connectivity index (χ1) is 6.34. The molecular formula is C9H11NO4. The van der Waals surface area contributed by atoms with Crippen LogP contribution in [0.4, 0.5) is 0 Å². The molecule has 5 N–H and O–H groups in total. The van der Waals surface area contributed by atoms with Gasteiger partial charge in [-0.15, -0.1) is 0 Å². The van der Waals surface area contributed by atoms with E-state index in [1.807, 2.05) is 0 Å². The fourth-order valence-electron chi connectivity index (χ4n) is 1.02. The molecule has 1 unspecified atom stereocenters. The van der Waals surface area contributed by atoms with Crippen LogP contribution in [-0.2, 0) is 10.4 Å². The molecular weight excluding hydrogens is 186 g/mol. The molecule has 5 heteroatoms. The van der Waals surface area contributed by atoms with Crippen molar-refractivity contribution < 1.29 is 20.1 Å². The minimum atomic E-state index is -1.91. The number of amides is 1. The number of phenols is 2. The molecule has 0 aliphatic rings. The Morgan fingerprint density at radius 2 is 1.71 bits per heavy atom. The molecule has 1 aromatic rings. The smallest absolute Gasteiger partial charge is 0.253 e. The zero-order valence-corrected chi connectivity index (χ0v) is 7.56. The zero-order valence-electron chi connectivity index (χ0n) is 7.56. The number of phenolic OH excluding ortho intramolecular Hbond substituents is 2. The van der Waals surface area contributed by atoms with Crippen LogP contribution in [0.15, 0.2) is 18.2 Å². The van der Waals surface area contributed by atoms with Gasteiger partial charge in [-0.3, -0.25) is 4.79 Å². The number of hydrogen-bond donors (Lipinski definition) is 4. The summed E-state index contributed by atoms with van der Waals surface area (Å²) in [7, 11) is 0. The lowest BCUT2D eigenvalue weighted by Crippen LogP contribution is -2.38. The van der Waals surface area contributed by atoms with E-state index in [0.717, 1.165) is 18.2 Å². The van der Waals surface area contributed by atoms with Gasteiger partial charge in [0.25, 0.3) is 5.91 Å². The number of primary amides is 1. The molecule has 5 nitrogen and oxygen atoms in total. The summed E-state index contributed by atoms with van der Waals surface area (Å²) in [5.41, 5.74) is 3.09. The standard InChI is InChI=1S/C9H11NO4/c1-9(14,8(10)13)5-2-6(11)4-7(12)3-5/h2-4,11-12,14H,1H3,(H2,10,13). The third-order valence-corrected chi connectivity index (χ3v) is 1.94. The van der Waals surface area contributed by atoms with Crippen LogP contribution in [0.1, 0.15) is 12.5 Å². The fraction of sp³-hybridized carbons (Fsp3) is 0.222. The lowest BCUT2D eigenvalue weighted by atomic mass is 9.95. The van der Waals surface area contributed by atoms with E-state index < -0.39 is 11.5 Å². The van der Waals surface area contributed by atoms with E-state index >= 15 is 0 Å². The topological polar surface area (TPSA) is 104 Å². The highest BCUT2D eigenvalue weighted by Crippen LogP contribution is 2.28. The summed E-state index contributed by atoms with van der Waals surface area (Å²) in [5.74, 6) is -1.45. The van der Waals surface area contributed by atoms with E-state index in [-0.39, 0.29) is 17.1 Å². The van der Waals surface area contributed by atoms with Crippen LogP contribution in [0.2, 0.25) is 0 Å². The highest BCUT2D eigenvalue weighted by atomic mass is 16.3. The van der Waals surface area contributed by atoms with Gasteiger partial charge >= 0.3 is 0 Å². The number of carbonyl (C=O) groups is 1. The van der Waals surface area contributed by atoms with Gasteiger partial charge in [-0.05, 0) is 24.6 Å². The highest BCUT2D eigenvalue weighted by Gasteiger charge is 2.30. The summed E-state index contributed by atoms with van der Waals surface area (Å²) in [6.07, 6.45) is 0. The molecule has 1 atom stereocenters. The molecule has 0 radical (unpaired) electrons. The lowest BCUT2D eigenvalue weighted by Gasteiger charge is -2.19. The summed E-state index contributed by atoms with van der Waals surface area (Å²) in [6.45, 7) is 1.18. The molecule has 14 heavy (non-hydrogen) atoms. The second kappa shape index (κ2) is 3.19. The van der Waals surface area contributed by atoms with Crippen LogP contribution in [-0.4, -0.2) is 21.2 Å². The Morgan fingerprint density at radius 1 is 1.29 bits per heavy atom. The molecule has 1 amide bonds. The summed E-state index contributed by atoms with van der Waals surface area (Å²) in [6, 6.07) is 3.40. The van der Waals surface area contributed by atoms with Crippen LogP contribution in [0.5, 0.6) is 11.5 Å². The molecule has 1 rings (SSSR count). The Balaban J connectivity index is 3.25. The maximum Gasteiger partial charge on any atom is 0.253 e. The Morgan fingerprint density at radius 3 is 2.07 bits per heavy atom. The maximum atomic E-state index is 10.9. The minimum absolute atomic E-state index is 0.0440. The summed E-state index contributed by atoms with van der Waals surface area (Å²) < 4.78 is 0. The molecule has 0 saturated carbocycles. The number of benzene rings is 1. The van der Waals surface area contributed by atoms with E-state index in [9.17, 15) is 9.90 Å². The van der Waals surface area contributed by atoms with Gasteiger partial charge in [-0.1, -0.05) is 0 Å². The quantitative estimate of drug-likeness (QED) is 0.526. The molecule has 0 saturated heterocycles.